The quantitative estimate of drug-likeness (QED) is 0.610. The third kappa shape index (κ3) is 4.40. The van der Waals surface area contributed by atoms with Crippen LogP contribution in [0.2, 0.25) is 0 Å². The lowest BCUT2D eigenvalue weighted by molar-refractivity contribution is -0.131. The van der Waals surface area contributed by atoms with E-state index in [-0.39, 0.29) is 29.7 Å². The standard InChI is InChI=1S/C23H25N3O4S/c1-17-23(18(2)30-24-17)31(28,29)26-14-12-25(13-15-26)22(27)16-19-8-10-21(11-9-19)20-6-4-3-5-7-20/h3-11H,12-16H2,1-2H3. The highest BCUT2D eigenvalue weighted by Gasteiger charge is 2.34. The number of aromatic nitrogens is 1. The van der Waals surface area contributed by atoms with E-state index in [1.54, 1.807) is 18.7 Å². The van der Waals surface area contributed by atoms with E-state index >= 15 is 0 Å². The molecule has 1 aromatic heterocycles. The summed E-state index contributed by atoms with van der Waals surface area (Å²) in [6, 6.07) is 18.1. The summed E-state index contributed by atoms with van der Waals surface area (Å²) in [7, 11) is -3.68. The average Bonchev–Trinajstić information content (AvgIpc) is 3.13. The molecule has 8 heteroatoms. The van der Waals surface area contributed by atoms with Gasteiger partial charge in [0.2, 0.25) is 15.9 Å². The molecule has 0 radical (unpaired) electrons. The van der Waals surface area contributed by atoms with Crippen molar-refractivity contribution in [1.29, 1.82) is 0 Å². The van der Waals surface area contributed by atoms with Crippen LogP contribution in [0.1, 0.15) is 17.0 Å². The van der Waals surface area contributed by atoms with Gasteiger partial charge in [0.05, 0.1) is 6.42 Å². The molecule has 31 heavy (non-hydrogen) atoms. The predicted octanol–water partition coefficient (Wildman–Crippen LogP) is 3.03. The van der Waals surface area contributed by atoms with Crippen molar-refractivity contribution >= 4 is 15.9 Å². The molecule has 2 heterocycles. The van der Waals surface area contributed by atoms with Gasteiger partial charge < -0.3 is 9.42 Å². The van der Waals surface area contributed by atoms with Crippen LogP contribution >= 0.6 is 0 Å². The SMILES string of the molecule is Cc1noc(C)c1S(=O)(=O)N1CCN(C(=O)Cc2ccc(-c3ccccc3)cc2)CC1. The molecule has 1 fully saturated rings. The number of benzene rings is 2. The summed E-state index contributed by atoms with van der Waals surface area (Å²) in [5.74, 6) is 0.289. The fourth-order valence-electron chi connectivity index (χ4n) is 3.88. The van der Waals surface area contributed by atoms with Gasteiger partial charge in [-0.05, 0) is 30.5 Å². The molecule has 0 unspecified atom stereocenters. The number of carbonyl (C=O) groups excluding carboxylic acids is 1. The van der Waals surface area contributed by atoms with Gasteiger partial charge in [-0.1, -0.05) is 59.8 Å². The largest absolute Gasteiger partial charge is 0.360 e. The Bertz CT molecular complexity index is 1140. The lowest BCUT2D eigenvalue weighted by Gasteiger charge is -2.34. The van der Waals surface area contributed by atoms with Crippen molar-refractivity contribution in [3.8, 4) is 11.1 Å². The molecule has 162 valence electrons. The Hall–Kier alpha value is -2.97. The van der Waals surface area contributed by atoms with E-state index in [0.717, 1.165) is 16.7 Å². The molecule has 1 saturated heterocycles. The van der Waals surface area contributed by atoms with Gasteiger partial charge in [0.1, 0.15) is 10.6 Å². The summed E-state index contributed by atoms with van der Waals surface area (Å²) in [5, 5.41) is 3.75. The van der Waals surface area contributed by atoms with E-state index in [1.165, 1.54) is 4.31 Å². The van der Waals surface area contributed by atoms with E-state index < -0.39 is 10.0 Å². The monoisotopic (exact) mass is 439 g/mol. The molecule has 3 aromatic rings. The lowest BCUT2D eigenvalue weighted by atomic mass is 10.0. The number of hydrogen-bond donors (Lipinski definition) is 0. The van der Waals surface area contributed by atoms with Crippen LogP contribution in [0.15, 0.2) is 64.0 Å². The van der Waals surface area contributed by atoms with E-state index in [0.29, 0.717) is 25.2 Å². The molecule has 4 rings (SSSR count). The second kappa shape index (κ2) is 8.64. The van der Waals surface area contributed by atoms with Gasteiger partial charge >= 0.3 is 0 Å². The number of amides is 1. The van der Waals surface area contributed by atoms with Gasteiger partial charge in [-0.3, -0.25) is 4.79 Å². The highest BCUT2D eigenvalue weighted by atomic mass is 32.2. The third-order valence-corrected chi connectivity index (χ3v) is 7.72. The van der Waals surface area contributed by atoms with Crippen molar-refractivity contribution in [2.75, 3.05) is 26.2 Å². The Morgan fingerprint density at radius 3 is 2.13 bits per heavy atom. The fraction of sp³-hybridized carbons (Fsp3) is 0.304. The molecule has 1 amide bonds. The van der Waals surface area contributed by atoms with Crippen molar-refractivity contribution in [3.63, 3.8) is 0 Å². The summed E-state index contributed by atoms with van der Waals surface area (Å²) in [6.45, 7) is 4.45. The number of rotatable bonds is 5. The molecular formula is C23H25N3O4S. The number of nitrogens with zero attached hydrogens (tertiary/aromatic N) is 3. The van der Waals surface area contributed by atoms with Gasteiger partial charge in [-0.2, -0.15) is 4.31 Å². The molecule has 0 atom stereocenters. The number of aryl methyl sites for hydroxylation is 2. The first-order valence-corrected chi connectivity index (χ1v) is 11.7. The number of piperazine rings is 1. The number of carbonyl (C=O) groups is 1. The zero-order valence-electron chi connectivity index (χ0n) is 17.6. The minimum absolute atomic E-state index is 0.00171. The second-order valence-corrected chi connectivity index (χ2v) is 9.55. The lowest BCUT2D eigenvalue weighted by Crippen LogP contribution is -2.51. The summed E-state index contributed by atoms with van der Waals surface area (Å²) in [6.07, 6.45) is 0.297. The van der Waals surface area contributed by atoms with Crippen LogP contribution in [0.4, 0.5) is 0 Å². The van der Waals surface area contributed by atoms with Crippen LogP contribution in [-0.2, 0) is 21.2 Å². The maximum Gasteiger partial charge on any atom is 0.248 e. The first kappa shape index (κ1) is 21.3. The molecule has 0 spiro atoms. The Kier molecular flexibility index (Phi) is 5.93. The first-order chi connectivity index (χ1) is 14.9. The summed E-state index contributed by atoms with van der Waals surface area (Å²) >= 11 is 0. The fourth-order valence-corrected chi connectivity index (χ4v) is 5.60. The van der Waals surface area contributed by atoms with Crippen LogP contribution in [0.5, 0.6) is 0 Å². The summed E-state index contributed by atoms with van der Waals surface area (Å²) in [4.78, 5) is 14.6. The summed E-state index contributed by atoms with van der Waals surface area (Å²) in [5.41, 5.74) is 3.54. The van der Waals surface area contributed by atoms with Crippen LogP contribution in [0.25, 0.3) is 11.1 Å². The highest BCUT2D eigenvalue weighted by molar-refractivity contribution is 7.89. The average molecular weight is 440 g/mol. The second-order valence-electron chi connectivity index (χ2n) is 7.68. The van der Waals surface area contributed by atoms with Crippen molar-refractivity contribution in [3.05, 3.63) is 71.6 Å². The van der Waals surface area contributed by atoms with Gasteiger partial charge in [0.15, 0.2) is 5.76 Å². The number of hydrogen-bond acceptors (Lipinski definition) is 5. The molecule has 0 N–H and O–H groups in total. The Morgan fingerprint density at radius 2 is 1.55 bits per heavy atom. The molecule has 0 bridgehead atoms. The predicted molar refractivity (Wildman–Crippen MR) is 117 cm³/mol. The van der Waals surface area contributed by atoms with Gasteiger partial charge in [-0.25, -0.2) is 8.42 Å². The van der Waals surface area contributed by atoms with E-state index in [9.17, 15) is 13.2 Å². The topological polar surface area (TPSA) is 83.7 Å². The van der Waals surface area contributed by atoms with Crippen molar-refractivity contribution in [2.24, 2.45) is 0 Å². The zero-order valence-corrected chi connectivity index (χ0v) is 18.4. The minimum Gasteiger partial charge on any atom is -0.360 e. The van der Waals surface area contributed by atoms with Crippen LogP contribution in [0, 0.1) is 13.8 Å². The summed E-state index contributed by atoms with van der Waals surface area (Å²) < 4.78 is 32.3. The Balaban J connectivity index is 1.36. The molecule has 1 aliphatic rings. The van der Waals surface area contributed by atoms with E-state index in [4.69, 9.17) is 4.52 Å². The molecule has 0 saturated carbocycles. The maximum absolute atomic E-state index is 12.9. The minimum atomic E-state index is -3.68. The van der Waals surface area contributed by atoms with Gasteiger partial charge in [0.25, 0.3) is 0 Å². The molecule has 2 aromatic carbocycles. The van der Waals surface area contributed by atoms with Crippen LogP contribution in [0.3, 0.4) is 0 Å². The van der Waals surface area contributed by atoms with Crippen molar-refractivity contribution in [2.45, 2.75) is 25.2 Å². The van der Waals surface area contributed by atoms with E-state index in [1.807, 2.05) is 42.5 Å². The first-order valence-electron chi connectivity index (χ1n) is 10.2. The van der Waals surface area contributed by atoms with Crippen LogP contribution in [-0.4, -0.2) is 54.9 Å². The van der Waals surface area contributed by atoms with E-state index in [2.05, 4.69) is 17.3 Å². The maximum atomic E-state index is 12.9. The molecule has 0 aliphatic carbocycles. The number of sulfonamides is 1. The Morgan fingerprint density at radius 1 is 0.935 bits per heavy atom. The molecular weight excluding hydrogens is 414 g/mol. The van der Waals surface area contributed by atoms with Crippen LogP contribution < -0.4 is 0 Å². The van der Waals surface area contributed by atoms with Crippen molar-refractivity contribution in [1.82, 2.24) is 14.4 Å². The molecule has 7 nitrogen and oxygen atoms in total. The third-order valence-electron chi connectivity index (χ3n) is 5.57. The van der Waals surface area contributed by atoms with Crippen molar-refractivity contribution < 1.29 is 17.7 Å². The normalized spacial score (nSPS) is 15.2. The molecule has 1 aliphatic heterocycles. The zero-order chi connectivity index (χ0) is 22.0. The van der Waals surface area contributed by atoms with Gasteiger partial charge in [-0.15, -0.1) is 0 Å². The van der Waals surface area contributed by atoms with Gasteiger partial charge in [0, 0.05) is 26.2 Å². The highest BCUT2D eigenvalue weighted by Crippen LogP contribution is 2.24. The Labute approximate surface area is 182 Å². The smallest absolute Gasteiger partial charge is 0.248 e.